The summed E-state index contributed by atoms with van der Waals surface area (Å²) in [6.07, 6.45) is 6.53. The Morgan fingerprint density at radius 3 is 2.65 bits per heavy atom. The van der Waals surface area contributed by atoms with Crippen molar-refractivity contribution < 1.29 is 0 Å². The molecule has 3 heterocycles. The van der Waals surface area contributed by atoms with Gasteiger partial charge in [-0.25, -0.2) is 9.97 Å². The number of aromatic amines is 1. The highest BCUT2D eigenvalue weighted by Gasteiger charge is 2.08. The lowest BCUT2D eigenvalue weighted by Gasteiger charge is -1.92. The molecule has 6 heteroatoms. The molecule has 0 bridgehead atoms. The third kappa shape index (κ3) is 1.87. The summed E-state index contributed by atoms with van der Waals surface area (Å²) in [4.78, 5) is 16.6. The molecule has 0 saturated carbocycles. The molecule has 3 aromatic heterocycles. The van der Waals surface area contributed by atoms with Crippen molar-refractivity contribution in [3.8, 4) is 23.0 Å². The quantitative estimate of drug-likeness (QED) is 0.710. The van der Waals surface area contributed by atoms with Gasteiger partial charge >= 0.3 is 0 Å². The highest BCUT2D eigenvalue weighted by molar-refractivity contribution is 5.54. The van der Waals surface area contributed by atoms with E-state index >= 15 is 0 Å². The van der Waals surface area contributed by atoms with Crippen LogP contribution in [0.25, 0.3) is 23.0 Å². The predicted molar refractivity (Wildman–Crippen MR) is 60.6 cm³/mol. The molecule has 0 saturated heterocycles. The minimum absolute atomic E-state index is 0.513. The molecule has 0 aromatic carbocycles. The fraction of sp³-hybridized carbons (Fsp3) is 0. The smallest absolute Gasteiger partial charge is 0.201 e. The average Bonchev–Trinajstić information content (AvgIpc) is 2.90. The first-order chi connectivity index (χ1) is 8.43. The molecule has 0 unspecified atom stereocenters. The summed E-state index contributed by atoms with van der Waals surface area (Å²) in [7, 11) is 0. The second-order valence-corrected chi connectivity index (χ2v) is 3.31. The van der Waals surface area contributed by atoms with E-state index in [2.05, 4.69) is 30.1 Å². The first-order valence-corrected chi connectivity index (χ1v) is 5.04. The van der Waals surface area contributed by atoms with E-state index in [1.165, 1.54) is 0 Å². The van der Waals surface area contributed by atoms with Crippen LogP contribution in [0.15, 0.2) is 43.0 Å². The van der Waals surface area contributed by atoms with Gasteiger partial charge in [0.15, 0.2) is 5.82 Å². The second-order valence-electron chi connectivity index (χ2n) is 3.31. The van der Waals surface area contributed by atoms with E-state index in [4.69, 9.17) is 0 Å². The first-order valence-electron chi connectivity index (χ1n) is 5.04. The van der Waals surface area contributed by atoms with Crippen LogP contribution in [-0.4, -0.2) is 30.1 Å². The molecule has 0 radical (unpaired) electrons. The van der Waals surface area contributed by atoms with Crippen LogP contribution in [0.4, 0.5) is 0 Å². The molecule has 6 nitrogen and oxygen atoms in total. The van der Waals surface area contributed by atoms with E-state index in [9.17, 15) is 0 Å². The van der Waals surface area contributed by atoms with Crippen molar-refractivity contribution in [1.82, 2.24) is 30.1 Å². The Kier molecular flexibility index (Phi) is 2.31. The molecule has 0 aliphatic rings. The summed E-state index contributed by atoms with van der Waals surface area (Å²) >= 11 is 0. The molecule has 82 valence electrons. The average molecular weight is 224 g/mol. The number of hydrogen-bond donors (Lipinski definition) is 1. The fourth-order valence-corrected chi connectivity index (χ4v) is 1.41. The van der Waals surface area contributed by atoms with Crippen LogP contribution in [0.3, 0.4) is 0 Å². The summed E-state index contributed by atoms with van der Waals surface area (Å²) in [5.41, 5.74) is 1.38. The molecule has 0 amide bonds. The molecule has 0 spiro atoms. The Balaban J connectivity index is 1.99. The van der Waals surface area contributed by atoms with Gasteiger partial charge in [-0.1, -0.05) is 6.07 Å². The Hall–Kier alpha value is -2.63. The van der Waals surface area contributed by atoms with Crippen molar-refractivity contribution in [3.63, 3.8) is 0 Å². The number of nitrogens with one attached hydrogen (secondary N) is 1. The molecular formula is C11H8N6. The molecule has 3 rings (SSSR count). The van der Waals surface area contributed by atoms with Crippen molar-refractivity contribution in [1.29, 1.82) is 0 Å². The third-order valence-electron chi connectivity index (χ3n) is 2.19. The van der Waals surface area contributed by atoms with E-state index in [1.54, 1.807) is 24.8 Å². The third-order valence-corrected chi connectivity index (χ3v) is 2.19. The topological polar surface area (TPSA) is 80.2 Å². The highest BCUT2D eigenvalue weighted by atomic mass is 15.2. The van der Waals surface area contributed by atoms with Crippen molar-refractivity contribution in [2.45, 2.75) is 0 Å². The lowest BCUT2D eigenvalue weighted by molar-refractivity contribution is 1.07. The standard InChI is InChI=1S/C11H8N6/c1-2-4-13-8(3-1)10-15-11(17-16-10)9-7-12-5-6-14-9/h1-7H,(H,15,16,17). The summed E-state index contributed by atoms with van der Waals surface area (Å²) in [6.45, 7) is 0. The zero-order valence-corrected chi connectivity index (χ0v) is 8.78. The summed E-state index contributed by atoms with van der Waals surface area (Å²) in [5, 5.41) is 6.91. The van der Waals surface area contributed by atoms with Crippen LogP contribution in [0.1, 0.15) is 0 Å². The van der Waals surface area contributed by atoms with Crippen LogP contribution in [0.5, 0.6) is 0 Å². The van der Waals surface area contributed by atoms with Gasteiger partial charge < -0.3 is 0 Å². The van der Waals surface area contributed by atoms with Crippen LogP contribution in [0.2, 0.25) is 0 Å². The maximum atomic E-state index is 4.32. The minimum atomic E-state index is 0.513. The molecule has 0 atom stereocenters. The lowest BCUT2D eigenvalue weighted by atomic mass is 10.3. The van der Waals surface area contributed by atoms with Crippen molar-refractivity contribution in [2.24, 2.45) is 0 Å². The largest absolute Gasteiger partial charge is 0.261 e. The van der Waals surface area contributed by atoms with E-state index in [-0.39, 0.29) is 0 Å². The molecule has 0 aliphatic heterocycles. The number of H-pyrrole nitrogens is 1. The maximum absolute atomic E-state index is 4.32. The fourth-order valence-electron chi connectivity index (χ4n) is 1.41. The number of aromatic nitrogens is 6. The summed E-state index contributed by atoms with van der Waals surface area (Å²) in [6, 6.07) is 5.61. The lowest BCUT2D eigenvalue weighted by Crippen LogP contribution is -1.86. The number of hydrogen-bond acceptors (Lipinski definition) is 5. The zero-order chi connectivity index (χ0) is 11.5. The predicted octanol–water partition coefficient (Wildman–Crippen LogP) is 1.32. The zero-order valence-electron chi connectivity index (χ0n) is 8.78. The Morgan fingerprint density at radius 2 is 1.88 bits per heavy atom. The normalized spacial score (nSPS) is 10.4. The van der Waals surface area contributed by atoms with Gasteiger partial charge in [0.05, 0.1) is 6.20 Å². The van der Waals surface area contributed by atoms with Crippen LogP contribution < -0.4 is 0 Å². The van der Waals surface area contributed by atoms with Gasteiger partial charge in [0, 0.05) is 18.6 Å². The summed E-state index contributed by atoms with van der Waals surface area (Å²) in [5.74, 6) is 1.13. The van der Waals surface area contributed by atoms with Crippen molar-refractivity contribution in [3.05, 3.63) is 43.0 Å². The van der Waals surface area contributed by atoms with Gasteiger partial charge in [-0.05, 0) is 12.1 Å². The number of rotatable bonds is 2. The SMILES string of the molecule is c1ccc(-c2nc(-c3cnccn3)n[nH]2)nc1. The maximum Gasteiger partial charge on any atom is 0.201 e. The number of pyridine rings is 1. The first kappa shape index (κ1) is 9.59. The van der Waals surface area contributed by atoms with Gasteiger partial charge in [-0.2, -0.15) is 5.10 Å². The Labute approximate surface area is 96.8 Å². The van der Waals surface area contributed by atoms with E-state index in [0.29, 0.717) is 17.3 Å². The van der Waals surface area contributed by atoms with Crippen LogP contribution >= 0.6 is 0 Å². The van der Waals surface area contributed by atoms with Gasteiger partial charge in [0.25, 0.3) is 0 Å². The monoisotopic (exact) mass is 224 g/mol. The van der Waals surface area contributed by atoms with Crippen LogP contribution in [-0.2, 0) is 0 Å². The summed E-state index contributed by atoms with van der Waals surface area (Å²) < 4.78 is 0. The van der Waals surface area contributed by atoms with Crippen molar-refractivity contribution in [2.75, 3.05) is 0 Å². The molecule has 1 N–H and O–H groups in total. The molecule has 0 aliphatic carbocycles. The van der Waals surface area contributed by atoms with Crippen molar-refractivity contribution >= 4 is 0 Å². The minimum Gasteiger partial charge on any atom is -0.261 e. The van der Waals surface area contributed by atoms with Crippen LogP contribution in [0, 0.1) is 0 Å². The second kappa shape index (κ2) is 4.09. The van der Waals surface area contributed by atoms with Gasteiger partial charge in [0.1, 0.15) is 11.4 Å². The van der Waals surface area contributed by atoms with Gasteiger partial charge in [0.2, 0.25) is 5.82 Å². The van der Waals surface area contributed by atoms with E-state index < -0.39 is 0 Å². The van der Waals surface area contributed by atoms with E-state index in [0.717, 1.165) is 5.69 Å². The van der Waals surface area contributed by atoms with Gasteiger partial charge in [-0.15, -0.1) is 0 Å². The Bertz CT molecular complexity index is 550. The Morgan fingerprint density at radius 1 is 0.941 bits per heavy atom. The molecule has 3 aromatic rings. The molecular weight excluding hydrogens is 216 g/mol. The molecule has 17 heavy (non-hydrogen) atoms. The highest BCUT2D eigenvalue weighted by Crippen LogP contribution is 2.15. The number of nitrogens with zero attached hydrogens (tertiary/aromatic N) is 5. The van der Waals surface area contributed by atoms with Gasteiger partial charge in [-0.3, -0.25) is 15.1 Å². The van der Waals surface area contributed by atoms with E-state index in [1.807, 2.05) is 18.2 Å². The molecule has 0 fully saturated rings.